The zero-order chi connectivity index (χ0) is 14.9. The molecule has 0 saturated heterocycles. The fraction of sp³-hybridized carbons (Fsp3) is 0.200. The molecule has 0 bridgehead atoms. The molecule has 0 saturated carbocycles. The maximum Gasteiger partial charge on any atom is 0.126 e. The van der Waals surface area contributed by atoms with Crippen LogP contribution in [0.1, 0.15) is 18.1 Å². The van der Waals surface area contributed by atoms with Crippen LogP contribution in [0.15, 0.2) is 40.9 Å². The summed E-state index contributed by atoms with van der Waals surface area (Å²) >= 11 is 3.26. The zero-order valence-electron chi connectivity index (χ0n) is 10.8. The first-order chi connectivity index (χ1) is 9.28. The van der Waals surface area contributed by atoms with Crippen molar-refractivity contribution in [2.24, 2.45) is 5.73 Å². The van der Waals surface area contributed by atoms with Gasteiger partial charge >= 0.3 is 0 Å². The smallest absolute Gasteiger partial charge is 0.126 e. The predicted octanol–water partition coefficient (Wildman–Crippen LogP) is 4.28. The summed E-state index contributed by atoms with van der Waals surface area (Å²) in [4.78, 5) is 0. The molecule has 1 nitrogen and oxygen atoms in total. The van der Waals surface area contributed by atoms with Crippen molar-refractivity contribution in [3.63, 3.8) is 0 Å². The van der Waals surface area contributed by atoms with E-state index in [0.29, 0.717) is 5.56 Å². The average Bonchev–Trinajstić information content (AvgIpc) is 2.32. The van der Waals surface area contributed by atoms with Gasteiger partial charge in [0.1, 0.15) is 17.5 Å². The number of hydrogen-bond donors (Lipinski definition) is 1. The van der Waals surface area contributed by atoms with E-state index in [1.807, 2.05) is 0 Å². The summed E-state index contributed by atoms with van der Waals surface area (Å²) in [6.07, 6.45) is 0.126. The molecule has 0 aliphatic heterocycles. The van der Waals surface area contributed by atoms with E-state index in [4.69, 9.17) is 5.73 Å². The van der Waals surface area contributed by atoms with Gasteiger partial charge in [0, 0.05) is 16.1 Å². The van der Waals surface area contributed by atoms with Gasteiger partial charge in [-0.25, -0.2) is 13.2 Å². The minimum Gasteiger partial charge on any atom is -0.321 e. The van der Waals surface area contributed by atoms with Gasteiger partial charge in [-0.05, 0) is 54.8 Å². The summed E-state index contributed by atoms with van der Waals surface area (Å²) in [7, 11) is 0. The van der Waals surface area contributed by atoms with Crippen LogP contribution in [0.5, 0.6) is 0 Å². The Morgan fingerprint density at radius 1 is 1.05 bits per heavy atom. The summed E-state index contributed by atoms with van der Waals surface area (Å²) in [5.41, 5.74) is 5.70. The van der Waals surface area contributed by atoms with Gasteiger partial charge in [0.05, 0.1) is 0 Å². The van der Waals surface area contributed by atoms with Crippen LogP contribution >= 0.6 is 15.9 Å². The summed E-state index contributed by atoms with van der Waals surface area (Å²) in [6.45, 7) is 1.61. The van der Waals surface area contributed by atoms with Gasteiger partial charge in [0.2, 0.25) is 0 Å². The Morgan fingerprint density at radius 3 is 2.25 bits per heavy atom. The normalized spacial score (nSPS) is 14.1. The molecular formula is C15H13BrF3N. The molecule has 1 unspecified atom stereocenters. The molecule has 0 aliphatic rings. The van der Waals surface area contributed by atoms with Crippen molar-refractivity contribution in [2.75, 3.05) is 0 Å². The highest BCUT2D eigenvalue weighted by molar-refractivity contribution is 9.10. The van der Waals surface area contributed by atoms with Gasteiger partial charge in [-0.2, -0.15) is 0 Å². The molecular weight excluding hydrogens is 331 g/mol. The summed E-state index contributed by atoms with van der Waals surface area (Å²) in [5, 5.41) is 0. The van der Waals surface area contributed by atoms with E-state index in [1.165, 1.54) is 18.2 Å². The Morgan fingerprint density at radius 2 is 1.65 bits per heavy atom. The number of halogens is 4. The Kier molecular flexibility index (Phi) is 4.20. The molecule has 106 valence electrons. The number of hydrogen-bond acceptors (Lipinski definition) is 1. The lowest BCUT2D eigenvalue weighted by Crippen LogP contribution is -2.36. The summed E-state index contributed by atoms with van der Waals surface area (Å²) in [5.74, 6) is -1.81. The van der Waals surface area contributed by atoms with Crippen molar-refractivity contribution >= 4 is 15.9 Å². The first kappa shape index (κ1) is 15.1. The quantitative estimate of drug-likeness (QED) is 0.884. The van der Waals surface area contributed by atoms with Gasteiger partial charge in [-0.1, -0.05) is 15.9 Å². The second-order valence-electron chi connectivity index (χ2n) is 4.99. The van der Waals surface area contributed by atoms with Crippen molar-refractivity contribution in [1.82, 2.24) is 0 Å². The molecule has 0 fully saturated rings. The van der Waals surface area contributed by atoms with Crippen molar-refractivity contribution in [3.8, 4) is 0 Å². The predicted molar refractivity (Wildman–Crippen MR) is 75.7 cm³/mol. The largest absolute Gasteiger partial charge is 0.321 e. The minimum atomic E-state index is -1.08. The van der Waals surface area contributed by atoms with Crippen molar-refractivity contribution < 1.29 is 13.2 Å². The molecule has 0 spiro atoms. The van der Waals surface area contributed by atoms with Crippen LogP contribution in [0.25, 0.3) is 0 Å². The minimum absolute atomic E-state index is 0.126. The fourth-order valence-electron chi connectivity index (χ4n) is 2.06. The van der Waals surface area contributed by atoms with Gasteiger partial charge < -0.3 is 5.73 Å². The topological polar surface area (TPSA) is 26.0 Å². The van der Waals surface area contributed by atoms with Crippen molar-refractivity contribution in [3.05, 3.63) is 69.4 Å². The summed E-state index contributed by atoms with van der Waals surface area (Å²) < 4.78 is 41.0. The van der Waals surface area contributed by atoms with E-state index in [9.17, 15) is 13.2 Å². The highest BCUT2D eigenvalue weighted by atomic mass is 79.9. The first-order valence-corrected chi connectivity index (χ1v) is 6.76. The number of rotatable bonds is 3. The third kappa shape index (κ3) is 3.41. The van der Waals surface area contributed by atoms with Crippen LogP contribution in [0.2, 0.25) is 0 Å². The third-order valence-corrected chi connectivity index (χ3v) is 3.58. The number of benzene rings is 2. The van der Waals surface area contributed by atoms with E-state index in [1.54, 1.807) is 19.1 Å². The second-order valence-corrected chi connectivity index (χ2v) is 5.90. The van der Waals surface area contributed by atoms with Crippen molar-refractivity contribution in [2.45, 2.75) is 18.9 Å². The Bertz CT molecular complexity index is 621. The Balaban J connectivity index is 2.37. The van der Waals surface area contributed by atoms with Crippen LogP contribution in [0.3, 0.4) is 0 Å². The second kappa shape index (κ2) is 5.58. The van der Waals surface area contributed by atoms with E-state index in [-0.39, 0.29) is 12.0 Å². The van der Waals surface area contributed by atoms with Crippen LogP contribution in [0, 0.1) is 17.5 Å². The molecule has 2 rings (SSSR count). The van der Waals surface area contributed by atoms with E-state index in [0.717, 1.165) is 10.5 Å². The van der Waals surface area contributed by atoms with E-state index in [2.05, 4.69) is 15.9 Å². The van der Waals surface area contributed by atoms with Gasteiger partial charge in [0.15, 0.2) is 0 Å². The fourth-order valence-corrected chi connectivity index (χ4v) is 2.47. The van der Waals surface area contributed by atoms with Crippen LogP contribution in [-0.2, 0) is 12.0 Å². The maximum atomic E-state index is 13.7. The molecule has 1 atom stereocenters. The van der Waals surface area contributed by atoms with Crippen molar-refractivity contribution in [1.29, 1.82) is 0 Å². The van der Waals surface area contributed by atoms with E-state index < -0.39 is 23.0 Å². The maximum absolute atomic E-state index is 13.7. The molecule has 2 aromatic carbocycles. The molecule has 20 heavy (non-hydrogen) atoms. The zero-order valence-corrected chi connectivity index (χ0v) is 12.3. The van der Waals surface area contributed by atoms with Gasteiger partial charge in [-0.3, -0.25) is 0 Å². The van der Waals surface area contributed by atoms with Crippen LogP contribution < -0.4 is 5.73 Å². The molecule has 0 heterocycles. The lowest BCUT2D eigenvalue weighted by molar-refractivity contribution is 0.465. The molecule has 0 aromatic heterocycles. The third-order valence-electron chi connectivity index (χ3n) is 3.09. The Labute approximate surface area is 123 Å². The molecule has 0 amide bonds. The first-order valence-electron chi connectivity index (χ1n) is 5.97. The van der Waals surface area contributed by atoms with Gasteiger partial charge in [-0.15, -0.1) is 0 Å². The standard InChI is InChI=1S/C15H13BrF3N/c1-15(20,10-5-12(17)7-13(18)6-10)8-9-4-11(16)2-3-14(9)19/h2-7H,8,20H2,1H3. The molecule has 2 N–H and O–H groups in total. The Hall–Kier alpha value is -1.33. The SMILES string of the molecule is CC(N)(Cc1cc(Br)ccc1F)c1cc(F)cc(F)c1. The molecule has 5 heteroatoms. The average molecular weight is 344 g/mol. The van der Waals surface area contributed by atoms with Gasteiger partial charge in [0.25, 0.3) is 0 Å². The molecule has 0 aliphatic carbocycles. The highest BCUT2D eigenvalue weighted by Crippen LogP contribution is 2.27. The lowest BCUT2D eigenvalue weighted by atomic mass is 9.86. The number of nitrogens with two attached hydrogens (primary N) is 1. The molecule has 2 aromatic rings. The highest BCUT2D eigenvalue weighted by Gasteiger charge is 2.24. The molecule has 0 radical (unpaired) electrons. The summed E-state index contributed by atoms with van der Waals surface area (Å²) in [6, 6.07) is 7.61. The van der Waals surface area contributed by atoms with E-state index >= 15 is 0 Å². The van der Waals surface area contributed by atoms with Crippen LogP contribution in [-0.4, -0.2) is 0 Å². The lowest BCUT2D eigenvalue weighted by Gasteiger charge is -2.26. The van der Waals surface area contributed by atoms with Crippen LogP contribution in [0.4, 0.5) is 13.2 Å². The monoisotopic (exact) mass is 343 g/mol.